The molecule has 1 atom stereocenters. The lowest BCUT2D eigenvalue weighted by Crippen LogP contribution is -2.27. The van der Waals surface area contributed by atoms with E-state index in [9.17, 15) is 19.1 Å². The van der Waals surface area contributed by atoms with Gasteiger partial charge in [0.05, 0.1) is 12.5 Å². The van der Waals surface area contributed by atoms with Crippen molar-refractivity contribution in [1.82, 2.24) is 0 Å². The van der Waals surface area contributed by atoms with Gasteiger partial charge in [0.1, 0.15) is 11.4 Å². The van der Waals surface area contributed by atoms with Crippen molar-refractivity contribution < 1.29 is 28.9 Å². The first-order valence-corrected chi connectivity index (χ1v) is 6.28. The fourth-order valence-electron chi connectivity index (χ4n) is 1.57. The number of carboxylic acids is 1. The molecule has 0 aliphatic carbocycles. The summed E-state index contributed by atoms with van der Waals surface area (Å²) in [7, 11) is 0. The zero-order valence-electron chi connectivity index (χ0n) is 12.0. The fraction of sp³-hybridized carbons (Fsp3) is 0.429. The zero-order valence-corrected chi connectivity index (χ0v) is 12.0. The predicted octanol–water partition coefficient (Wildman–Crippen LogP) is 2.68. The van der Waals surface area contributed by atoms with Crippen LogP contribution in [-0.2, 0) is 9.53 Å². The first-order chi connectivity index (χ1) is 9.58. The van der Waals surface area contributed by atoms with E-state index in [0.717, 1.165) is 6.07 Å². The average molecular weight is 299 g/mol. The van der Waals surface area contributed by atoms with E-state index < -0.39 is 36.0 Å². The van der Waals surface area contributed by atoms with Crippen molar-refractivity contribution >= 4 is 17.7 Å². The van der Waals surface area contributed by atoms with Gasteiger partial charge < -0.3 is 14.9 Å². The summed E-state index contributed by atoms with van der Waals surface area (Å²) in [5.41, 5.74) is -0.680. The molecule has 0 radical (unpaired) electrons. The van der Waals surface area contributed by atoms with Crippen LogP contribution in [0.4, 0.5) is 14.9 Å². The van der Waals surface area contributed by atoms with Gasteiger partial charge >= 0.3 is 12.1 Å². The summed E-state index contributed by atoms with van der Waals surface area (Å²) in [6.07, 6.45) is -2.78. The number of benzene rings is 1. The van der Waals surface area contributed by atoms with Crippen LogP contribution in [0.3, 0.4) is 0 Å². The van der Waals surface area contributed by atoms with Crippen molar-refractivity contribution in [2.24, 2.45) is 0 Å². The number of carbonyl (C=O) groups excluding carboxylic acids is 1. The molecule has 0 spiro atoms. The van der Waals surface area contributed by atoms with Gasteiger partial charge in [0.25, 0.3) is 0 Å². The number of aliphatic hydroxyl groups is 1. The molecule has 21 heavy (non-hydrogen) atoms. The van der Waals surface area contributed by atoms with E-state index >= 15 is 0 Å². The molecule has 1 aromatic carbocycles. The maximum Gasteiger partial charge on any atom is 0.412 e. The van der Waals surface area contributed by atoms with Crippen LogP contribution >= 0.6 is 0 Å². The number of rotatable bonds is 4. The first kappa shape index (κ1) is 16.9. The van der Waals surface area contributed by atoms with Gasteiger partial charge in [-0.1, -0.05) is 6.07 Å². The van der Waals surface area contributed by atoms with Crippen LogP contribution in [0.2, 0.25) is 0 Å². The fourth-order valence-corrected chi connectivity index (χ4v) is 1.57. The SMILES string of the molecule is CC(C)(C)OC(=O)Nc1ccc(C(O)CC(=O)O)c(F)c1. The summed E-state index contributed by atoms with van der Waals surface area (Å²) in [5.74, 6) is -2.05. The molecule has 0 fully saturated rings. The number of carboxylic acid groups (broad SMARTS) is 1. The highest BCUT2D eigenvalue weighted by Crippen LogP contribution is 2.23. The van der Waals surface area contributed by atoms with Gasteiger partial charge in [0.15, 0.2) is 0 Å². The van der Waals surface area contributed by atoms with Crippen LogP contribution in [0.5, 0.6) is 0 Å². The van der Waals surface area contributed by atoms with Crippen molar-refractivity contribution in [3.8, 4) is 0 Å². The number of hydrogen-bond acceptors (Lipinski definition) is 4. The topological polar surface area (TPSA) is 95.9 Å². The number of aliphatic hydroxyl groups excluding tert-OH is 1. The second-order valence-electron chi connectivity index (χ2n) is 5.48. The molecule has 3 N–H and O–H groups in total. The summed E-state index contributed by atoms with van der Waals surface area (Å²) < 4.78 is 18.8. The van der Waals surface area contributed by atoms with Gasteiger partial charge in [0.2, 0.25) is 0 Å². The Balaban J connectivity index is 2.78. The Morgan fingerprint density at radius 2 is 2.00 bits per heavy atom. The van der Waals surface area contributed by atoms with Crippen LogP contribution in [0, 0.1) is 5.82 Å². The molecule has 116 valence electrons. The van der Waals surface area contributed by atoms with Crippen molar-refractivity contribution in [3.05, 3.63) is 29.6 Å². The molecule has 0 aliphatic heterocycles. The van der Waals surface area contributed by atoms with Crippen LogP contribution in [-0.4, -0.2) is 27.9 Å². The highest BCUT2D eigenvalue weighted by Gasteiger charge is 2.19. The van der Waals surface area contributed by atoms with Crippen LogP contribution in [0.15, 0.2) is 18.2 Å². The molecule has 1 amide bonds. The molecule has 1 unspecified atom stereocenters. The molecule has 0 aliphatic rings. The second-order valence-corrected chi connectivity index (χ2v) is 5.48. The molecule has 0 heterocycles. The average Bonchev–Trinajstić information content (AvgIpc) is 2.24. The van der Waals surface area contributed by atoms with Crippen LogP contribution < -0.4 is 5.32 Å². The lowest BCUT2D eigenvalue weighted by Gasteiger charge is -2.20. The van der Waals surface area contributed by atoms with Crippen molar-refractivity contribution in [1.29, 1.82) is 0 Å². The molecular weight excluding hydrogens is 281 g/mol. The maximum atomic E-state index is 13.8. The van der Waals surface area contributed by atoms with Gasteiger partial charge in [-0.2, -0.15) is 0 Å². The molecule has 6 nitrogen and oxygen atoms in total. The van der Waals surface area contributed by atoms with Gasteiger partial charge in [-0.05, 0) is 32.9 Å². The van der Waals surface area contributed by atoms with E-state index in [1.165, 1.54) is 12.1 Å². The minimum atomic E-state index is -1.45. The maximum absolute atomic E-state index is 13.8. The number of amides is 1. The van der Waals surface area contributed by atoms with Crippen molar-refractivity contribution in [3.63, 3.8) is 0 Å². The number of carbonyl (C=O) groups is 2. The molecule has 0 saturated carbocycles. The van der Waals surface area contributed by atoms with E-state index in [1.54, 1.807) is 20.8 Å². The molecule has 0 saturated heterocycles. The predicted molar refractivity (Wildman–Crippen MR) is 73.5 cm³/mol. The third-order valence-corrected chi connectivity index (χ3v) is 2.37. The van der Waals surface area contributed by atoms with Gasteiger partial charge in [-0.3, -0.25) is 10.1 Å². The minimum Gasteiger partial charge on any atom is -0.481 e. The Morgan fingerprint density at radius 3 is 2.48 bits per heavy atom. The van der Waals surface area contributed by atoms with Crippen molar-refractivity contribution in [2.75, 3.05) is 5.32 Å². The zero-order chi connectivity index (χ0) is 16.2. The molecular formula is C14H18FNO5. The largest absolute Gasteiger partial charge is 0.481 e. The number of anilines is 1. The Bertz CT molecular complexity index is 539. The third-order valence-electron chi connectivity index (χ3n) is 2.37. The molecule has 0 aromatic heterocycles. The lowest BCUT2D eigenvalue weighted by atomic mass is 10.1. The Hall–Kier alpha value is -2.15. The standard InChI is InChI=1S/C14H18FNO5/c1-14(2,3)21-13(20)16-8-4-5-9(10(15)6-8)11(17)7-12(18)19/h4-6,11,17H,7H2,1-3H3,(H,16,20)(H,18,19). The van der Waals surface area contributed by atoms with E-state index in [4.69, 9.17) is 9.84 Å². The number of halogens is 1. The number of nitrogens with one attached hydrogen (secondary N) is 1. The van der Waals surface area contributed by atoms with Gasteiger partial charge in [0, 0.05) is 11.3 Å². The summed E-state index contributed by atoms with van der Waals surface area (Å²) in [5, 5.41) is 20.5. The summed E-state index contributed by atoms with van der Waals surface area (Å²) in [4.78, 5) is 22.0. The summed E-state index contributed by atoms with van der Waals surface area (Å²) in [6.45, 7) is 5.08. The van der Waals surface area contributed by atoms with Gasteiger partial charge in [-0.15, -0.1) is 0 Å². The second kappa shape index (κ2) is 6.53. The molecule has 7 heteroatoms. The Labute approximate surface area is 121 Å². The smallest absolute Gasteiger partial charge is 0.412 e. The normalized spacial score (nSPS) is 12.6. The number of hydrogen-bond donors (Lipinski definition) is 3. The minimum absolute atomic E-state index is 0.146. The van der Waals surface area contributed by atoms with E-state index in [2.05, 4.69) is 5.32 Å². The Morgan fingerprint density at radius 1 is 1.38 bits per heavy atom. The van der Waals surface area contributed by atoms with Crippen LogP contribution in [0.25, 0.3) is 0 Å². The van der Waals surface area contributed by atoms with Gasteiger partial charge in [-0.25, -0.2) is 9.18 Å². The molecule has 0 bridgehead atoms. The molecule has 1 rings (SSSR count). The number of ether oxygens (including phenoxy) is 1. The number of aliphatic carboxylic acids is 1. The van der Waals surface area contributed by atoms with E-state index in [0.29, 0.717) is 0 Å². The summed E-state index contributed by atoms with van der Waals surface area (Å²) in [6, 6.07) is 3.56. The molecule has 1 aromatic rings. The Kier molecular flexibility index (Phi) is 5.26. The monoisotopic (exact) mass is 299 g/mol. The van der Waals surface area contributed by atoms with E-state index in [-0.39, 0.29) is 11.3 Å². The highest BCUT2D eigenvalue weighted by atomic mass is 19.1. The highest BCUT2D eigenvalue weighted by molar-refractivity contribution is 5.84. The first-order valence-electron chi connectivity index (χ1n) is 6.28. The third kappa shape index (κ3) is 5.78. The van der Waals surface area contributed by atoms with Crippen molar-refractivity contribution in [2.45, 2.75) is 38.9 Å². The van der Waals surface area contributed by atoms with E-state index in [1.807, 2.05) is 0 Å². The summed E-state index contributed by atoms with van der Waals surface area (Å²) >= 11 is 0. The lowest BCUT2D eigenvalue weighted by molar-refractivity contribution is -0.139. The van der Waals surface area contributed by atoms with Crippen LogP contribution in [0.1, 0.15) is 38.9 Å². The quantitative estimate of drug-likeness (QED) is 0.794.